The molecule has 0 aliphatic heterocycles. The van der Waals surface area contributed by atoms with E-state index in [4.69, 9.17) is 0 Å². The molecule has 0 radical (unpaired) electrons. The number of aryl methyl sites for hydroxylation is 4. The zero-order valence-corrected chi connectivity index (χ0v) is 22.3. The largest absolute Gasteiger partial charge is 0.0888 e. The minimum atomic E-state index is 1.05. The van der Waals surface area contributed by atoms with Gasteiger partial charge in [-0.05, 0) is 76.8 Å². The van der Waals surface area contributed by atoms with Gasteiger partial charge in [0.05, 0.1) is 0 Å². The molecular formula is C34H36S. The van der Waals surface area contributed by atoms with Crippen molar-refractivity contribution >= 4 is 22.2 Å². The van der Waals surface area contributed by atoms with Crippen LogP contribution in [-0.4, -0.2) is 0 Å². The first-order chi connectivity index (χ1) is 17.1. The summed E-state index contributed by atoms with van der Waals surface area (Å²) in [6, 6.07) is 36.4. The molecule has 0 aliphatic rings. The topological polar surface area (TPSA) is 0 Å². The monoisotopic (exact) mass is 476 g/mol. The fraction of sp³-hybridized carbons (Fsp3) is 0.235. The summed E-state index contributed by atoms with van der Waals surface area (Å²) in [5.74, 6) is 0. The van der Waals surface area contributed by atoms with E-state index in [0.29, 0.717) is 0 Å². The Bertz CT molecular complexity index is 1190. The molecule has 0 saturated heterocycles. The van der Waals surface area contributed by atoms with Gasteiger partial charge in [0.1, 0.15) is 0 Å². The second-order valence-corrected chi connectivity index (χ2v) is 10.0. The van der Waals surface area contributed by atoms with Crippen LogP contribution in [0.1, 0.15) is 66.6 Å². The molecule has 0 amide bonds. The Morgan fingerprint density at radius 2 is 0.743 bits per heavy atom. The molecule has 0 heterocycles. The Morgan fingerprint density at radius 3 is 1.09 bits per heavy atom. The maximum absolute atomic E-state index is 2.29. The third kappa shape index (κ3) is 6.16. The number of hydrogen-bond acceptors (Lipinski definition) is 1. The molecule has 0 unspecified atom stereocenters. The molecule has 0 nitrogen and oxygen atoms in total. The minimum absolute atomic E-state index is 1.05. The van der Waals surface area contributed by atoms with Crippen LogP contribution in [0, 0.1) is 0 Å². The molecule has 4 aromatic carbocycles. The zero-order valence-electron chi connectivity index (χ0n) is 21.5. The second-order valence-electron chi connectivity index (χ2n) is 8.96. The summed E-state index contributed by atoms with van der Waals surface area (Å²) in [5.41, 5.74) is 10.6. The molecule has 0 bridgehead atoms. The van der Waals surface area contributed by atoms with Crippen molar-refractivity contribution in [3.05, 3.63) is 136 Å². The van der Waals surface area contributed by atoms with Gasteiger partial charge < -0.3 is 0 Å². The lowest BCUT2D eigenvalue weighted by molar-refractivity contribution is 1.13. The van der Waals surface area contributed by atoms with Gasteiger partial charge in [-0.25, -0.2) is 0 Å². The lowest BCUT2D eigenvalue weighted by Crippen LogP contribution is -1.95. The van der Waals surface area contributed by atoms with E-state index in [1.165, 1.54) is 54.3 Å². The van der Waals surface area contributed by atoms with Crippen molar-refractivity contribution in [2.24, 2.45) is 0 Å². The maximum atomic E-state index is 2.29. The first kappa shape index (κ1) is 25.1. The molecule has 35 heavy (non-hydrogen) atoms. The van der Waals surface area contributed by atoms with Crippen molar-refractivity contribution in [2.45, 2.75) is 58.3 Å². The number of rotatable bonds is 9. The van der Waals surface area contributed by atoms with Gasteiger partial charge >= 0.3 is 0 Å². The van der Waals surface area contributed by atoms with Crippen molar-refractivity contribution in [2.75, 3.05) is 0 Å². The van der Waals surface area contributed by atoms with Gasteiger partial charge in [-0.3, -0.25) is 0 Å². The molecular weight excluding hydrogens is 440 g/mol. The van der Waals surface area contributed by atoms with Crippen LogP contribution in [0.5, 0.6) is 0 Å². The molecule has 0 N–H and O–H groups in total. The zero-order chi connectivity index (χ0) is 24.6. The Morgan fingerprint density at radius 1 is 0.429 bits per heavy atom. The van der Waals surface area contributed by atoms with E-state index in [9.17, 15) is 0 Å². The van der Waals surface area contributed by atoms with E-state index < -0.39 is 0 Å². The summed E-state index contributed by atoms with van der Waals surface area (Å²) < 4.78 is 0. The second kappa shape index (κ2) is 12.1. The van der Waals surface area contributed by atoms with Crippen LogP contribution in [0.4, 0.5) is 0 Å². The predicted molar refractivity (Wildman–Crippen MR) is 155 cm³/mol. The van der Waals surface area contributed by atoms with Crippen molar-refractivity contribution in [1.82, 2.24) is 0 Å². The SMILES string of the molecule is CCc1ccc(SC(=C(c2ccc(CC)cc2)c2ccc(CC)cc2)c2ccc(CC)cc2)cc1. The molecule has 178 valence electrons. The third-order valence-corrected chi connectivity index (χ3v) is 7.86. The molecule has 0 spiro atoms. The minimum Gasteiger partial charge on any atom is -0.0888 e. The van der Waals surface area contributed by atoms with Crippen LogP contribution in [0.15, 0.2) is 102 Å². The first-order valence-corrected chi connectivity index (χ1v) is 13.8. The van der Waals surface area contributed by atoms with Crippen LogP contribution in [-0.2, 0) is 25.7 Å². The van der Waals surface area contributed by atoms with Gasteiger partial charge in [-0.1, -0.05) is 124 Å². The van der Waals surface area contributed by atoms with Crippen LogP contribution in [0.2, 0.25) is 0 Å². The molecule has 0 aliphatic carbocycles. The fourth-order valence-electron chi connectivity index (χ4n) is 4.30. The van der Waals surface area contributed by atoms with Gasteiger partial charge in [0.25, 0.3) is 0 Å². The lowest BCUT2D eigenvalue weighted by Gasteiger charge is -2.18. The van der Waals surface area contributed by atoms with Gasteiger partial charge in [-0.15, -0.1) is 0 Å². The van der Waals surface area contributed by atoms with Gasteiger partial charge in [0.15, 0.2) is 0 Å². The van der Waals surface area contributed by atoms with Crippen molar-refractivity contribution in [3.8, 4) is 0 Å². The maximum Gasteiger partial charge on any atom is 0.0279 e. The predicted octanol–water partition coefficient (Wildman–Crippen LogP) is 9.65. The highest BCUT2D eigenvalue weighted by molar-refractivity contribution is 8.08. The van der Waals surface area contributed by atoms with Crippen molar-refractivity contribution < 1.29 is 0 Å². The average molecular weight is 477 g/mol. The third-order valence-electron chi connectivity index (χ3n) is 6.70. The summed E-state index contributed by atoms with van der Waals surface area (Å²) in [5, 5.41) is 0. The summed E-state index contributed by atoms with van der Waals surface area (Å²) in [6.45, 7) is 8.85. The number of hydrogen-bond donors (Lipinski definition) is 0. The van der Waals surface area contributed by atoms with E-state index in [0.717, 1.165) is 25.7 Å². The molecule has 0 saturated carbocycles. The molecule has 0 fully saturated rings. The number of thioether (sulfide) groups is 1. The van der Waals surface area contributed by atoms with E-state index in [-0.39, 0.29) is 0 Å². The quantitative estimate of drug-likeness (QED) is 0.171. The fourth-order valence-corrected chi connectivity index (χ4v) is 5.40. The Hall–Kier alpha value is -3.03. The van der Waals surface area contributed by atoms with Crippen molar-refractivity contribution in [1.29, 1.82) is 0 Å². The van der Waals surface area contributed by atoms with Gasteiger partial charge in [-0.2, -0.15) is 0 Å². The van der Waals surface area contributed by atoms with Crippen molar-refractivity contribution in [3.63, 3.8) is 0 Å². The highest BCUT2D eigenvalue weighted by Crippen LogP contribution is 2.43. The lowest BCUT2D eigenvalue weighted by atomic mass is 9.93. The van der Waals surface area contributed by atoms with E-state index in [2.05, 4.69) is 125 Å². The molecule has 0 aromatic heterocycles. The van der Waals surface area contributed by atoms with Crippen LogP contribution in [0.3, 0.4) is 0 Å². The number of benzene rings is 4. The standard InChI is InChI=1S/C34H36S/c1-5-25-9-17-29(18-10-25)33(30-19-11-26(6-2)12-20-30)34(31-21-13-27(7-3)14-22-31)35-32-23-15-28(8-4)16-24-32/h9-24H,5-8H2,1-4H3. The van der Waals surface area contributed by atoms with Crippen LogP contribution < -0.4 is 0 Å². The molecule has 4 rings (SSSR count). The Balaban J connectivity index is 1.94. The highest BCUT2D eigenvalue weighted by atomic mass is 32.2. The Labute approximate surface area is 216 Å². The van der Waals surface area contributed by atoms with E-state index >= 15 is 0 Å². The molecule has 1 heteroatoms. The van der Waals surface area contributed by atoms with Gasteiger partial charge in [0, 0.05) is 15.4 Å². The van der Waals surface area contributed by atoms with Crippen LogP contribution >= 0.6 is 11.8 Å². The normalized spacial score (nSPS) is 10.9. The smallest absolute Gasteiger partial charge is 0.0279 e. The summed E-state index contributed by atoms with van der Waals surface area (Å²) in [7, 11) is 0. The van der Waals surface area contributed by atoms with E-state index in [1.807, 2.05) is 11.8 Å². The van der Waals surface area contributed by atoms with Crippen LogP contribution in [0.25, 0.3) is 10.5 Å². The highest BCUT2D eigenvalue weighted by Gasteiger charge is 2.16. The summed E-state index contributed by atoms with van der Waals surface area (Å²) >= 11 is 1.87. The first-order valence-electron chi connectivity index (χ1n) is 12.9. The summed E-state index contributed by atoms with van der Waals surface area (Å²) in [4.78, 5) is 2.56. The Kier molecular flexibility index (Phi) is 8.66. The molecule has 4 aromatic rings. The molecule has 0 atom stereocenters. The summed E-state index contributed by atoms with van der Waals surface area (Å²) in [6.07, 6.45) is 4.21. The van der Waals surface area contributed by atoms with E-state index in [1.54, 1.807) is 0 Å². The van der Waals surface area contributed by atoms with Gasteiger partial charge in [0.2, 0.25) is 0 Å². The average Bonchev–Trinajstić information content (AvgIpc) is 2.94.